The largest absolute Gasteiger partial charge is 0.490 e. The normalized spacial score (nSPS) is 26.6. The first-order valence-corrected chi connectivity index (χ1v) is 7.83. The molecule has 2 atom stereocenters. The first-order valence-electron chi connectivity index (χ1n) is 7.83. The Labute approximate surface area is 121 Å². The SMILES string of the molecule is C[C@@H](N)c1cccc(OC2CCOC3(CCCC3)C2)c1. The van der Waals surface area contributed by atoms with Crippen LogP contribution in [0.4, 0.5) is 0 Å². The van der Waals surface area contributed by atoms with Crippen LogP contribution < -0.4 is 10.5 Å². The van der Waals surface area contributed by atoms with E-state index in [1.165, 1.54) is 25.7 Å². The molecule has 1 aromatic carbocycles. The quantitative estimate of drug-likeness (QED) is 0.917. The van der Waals surface area contributed by atoms with E-state index in [1.807, 2.05) is 19.1 Å². The van der Waals surface area contributed by atoms with Crippen molar-refractivity contribution in [1.29, 1.82) is 0 Å². The Balaban J connectivity index is 1.66. The van der Waals surface area contributed by atoms with Crippen LogP contribution in [0.2, 0.25) is 0 Å². The molecule has 110 valence electrons. The molecule has 1 heterocycles. The fraction of sp³-hybridized carbons (Fsp3) is 0.647. The van der Waals surface area contributed by atoms with Crippen molar-refractivity contribution in [2.75, 3.05) is 6.61 Å². The lowest BCUT2D eigenvalue weighted by molar-refractivity contribution is -0.108. The minimum atomic E-state index is 0.0504. The standard InChI is InChI=1S/C17H25NO2/c1-13(18)14-5-4-6-15(11-14)20-16-7-10-19-17(12-16)8-2-3-9-17/h4-6,11,13,16H,2-3,7-10,12,18H2,1H3/t13-,16?/m1/s1. The molecule has 1 unspecified atom stereocenters. The average Bonchev–Trinajstić information content (AvgIpc) is 2.87. The molecule has 0 aromatic heterocycles. The molecule has 2 aliphatic rings. The van der Waals surface area contributed by atoms with Crippen molar-refractivity contribution < 1.29 is 9.47 Å². The first-order chi connectivity index (χ1) is 9.67. The summed E-state index contributed by atoms with van der Waals surface area (Å²) in [6.45, 7) is 2.83. The number of rotatable bonds is 3. The van der Waals surface area contributed by atoms with Crippen LogP contribution in [0.1, 0.15) is 57.1 Å². The highest BCUT2D eigenvalue weighted by Gasteiger charge is 2.40. The molecular weight excluding hydrogens is 250 g/mol. The van der Waals surface area contributed by atoms with Gasteiger partial charge in [0.15, 0.2) is 0 Å². The van der Waals surface area contributed by atoms with Gasteiger partial charge in [0.1, 0.15) is 11.9 Å². The van der Waals surface area contributed by atoms with Gasteiger partial charge >= 0.3 is 0 Å². The number of hydrogen-bond acceptors (Lipinski definition) is 3. The monoisotopic (exact) mass is 275 g/mol. The van der Waals surface area contributed by atoms with Gasteiger partial charge in [-0.25, -0.2) is 0 Å². The van der Waals surface area contributed by atoms with Crippen LogP contribution in [0.5, 0.6) is 5.75 Å². The molecule has 1 saturated carbocycles. The van der Waals surface area contributed by atoms with Crippen molar-refractivity contribution in [3.05, 3.63) is 29.8 Å². The van der Waals surface area contributed by atoms with Crippen LogP contribution in [-0.4, -0.2) is 18.3 Å². The zero-order chi connectivity index (χ0) is 14.0. The maximum atomic E-state index is 6.20. The lowest BCUT2D eigenvalue weighted by atomic mass is 9.90. The second-order valence-electron chi connectivity index (χ2n) is 6.33. The van der Waals surface area contributed by atoms with Gasteiger partial charge in [0.05, 0.1) is 12.2 Å². The maximum Gasteiger partial charge on any atom is 0.120 e. The van der Waals surface area contributed by atoms with E-state index in [9.17, 15) is 0 Å². The van der Waals surface area contributed by atoms with E-state index in [0.29, 0.717) is 0 Å². The molecule has 1 saturated heterocycles. The van der Waals surface area contributed by atoms with E-state index >= 15 is 0 Å². The van der Waals surface area contributed by atoms with Crippen molar-refractivity contribution in [2.45, 2.75) is 63.2 Å². The van der Waals surface area contributed by atoms with Crippen molar-refractivity contribution in [3.63, 3.8) is 0 Å². The molecule has 20 heavy (non-hydrogen) atoms. The van der Waals surface area contributed by atoms with E-state index < -0.39 is 0 Å². The van der Waals surface area contributed by atoms with E-state index in [0.717, 1.165) is 30.8 Å². The van der Waals surface area contributed by atoms with Gasteiger partial charge in [-0.15, -0.1) is 0 Å². The predicted octanol–water partition coefficient (Wildman–Crippen LogP) is 3.58. The van der Waals surface area contributed by atoms with Crippen molar-refractivity contribution in [1.82, 2.24) is 0 Å². The third kappa shape index (κ3) is 2.99. The third-order valence-corrected chi connectivity index (χ3v) is 4.65. The van der Waals surface area contributed by atoms with Crippen molar-refractivity contribution in [3.8, 4) is 5.75 Å². The van der Waals surface area contributed by atoms with E-state index in [4.69, 9.17) is 15.2 Å². The Morgan fingerprint density at radius 3 is 2.90 bits per heavy atom. The Hall–Kier alpha value is -1.06. The molecule has 0 amide bonds. The van der Waals surface area contributed by atoms with Crippen molar-refractivity contribution >= 4 is 0 Å². The lowest BCUT2D eigenvalue weighted by Gasteiger charge is -2.38. The fourth-order valence-corrected chi connectivity index (χ4v) is 3.51. The molecule has 1 aliphatic carbocycles. The molecule has 3 nitrogen and oxygen atoms in total. The Morgan fingerprint density at radius 2 is 2.15 bits per heavy atom. The zero-order valence-corrected chi connectivity index (χ0v) is 12.3. The minimum Gasteiger partial charge on any atom is -0.490 e. The molecule has 1 aliphatic heterocycles. The zero-order valence-electron chi connectivity index (χ0n) is 12.3. The minimum absolute atomic E-state index is 0.0504. The summed E-state index contributed by atoms with van der Waals surface area (Å²) in [6, 6.07) is 8.23. The van der Waals surface area contributed by atoms with Crippen LogP contribution in [0.3, 0.4) is 0 Å². The van der Waals surface area contributed by atoms with Gasteiger partial charge in [-0.1, -0.05) is 25.0 Å². The Kier molecular flexibility index (Phi) is 3.99. The van der Waals surface area contributed by atoms with Crippen LogP contribution in [0.25, 0.3) is 0 Å². The van der Waals surface area contributed by atoms with E-state index in [1.54, 1.807) is 0 Å². The molecule has 2 N–H and O–H groups in total. The molecule has 2 fully saturated rings. The van der Waals surface area contributed by atoms with E-state index in [2.05, 4.69) is 12.1 Å². The summed E-state index contributed by atoms with van der Waals surface area (Å²) < 4.78 is 12.3. The highest BCUT2D eigenvalue weighted by atomic mass is 16.5. The summed E-state index contributed by atoms with van der Waals surface area (Å²) in [6.07, 6.45) is 7.31. The maximum absolute atomic E-state index is 6.20. The summed E-state index contributed by atoms with van der Waals surface area (Å²) in [5, 5.41) is 0. The van der Waals surface area contributed by atoms with Gasteiger partial charge in [-0.05, 0) is 37.5 Å². The molecule has 1 aromatic rings. The average molecular weight is 275 g/mol. The van der Waals surface area contributed by atoms with E-state index in [-0.39, 0.29) is 17.7 Å². The number of nitrogens with two attached hydrogens (primary N) is 1. The third-order valence-electron chi connectivity index (χ3n) is 4.65. The van der Waals surface area contributed by atoms with Crippen LogP contribution >= 0.6 is 0 Å². The number of benzene rings is 1. The summed E-state index contributed by atoms with van der Waals surface area (Å²) >= 11 is 0. The highest BCUT2D eigenvalue weighted by molar-refractivity contribution is 5.30. The molecule has 3 rings (SSSR count). The van der Waals surface area contributed by atoms with Crippen LogP contribution in [0.15, 0.2) is 24.3 Å². The highest BCUT2D eigenvalue weighted by Crippen LogP contribution is 2.40. The first kappa shape index (κ1) is 13.9. The molecular formula is C17H25NO2. The van der Waals surface area contributed by atoms with Gasteiger partial charge in [0.25, 0.3) is 0 Å². The molecule has 1 spiro atoms. The van der Waals surface area contributed by atoms with Gasteiger partial charge < -0.3 is 15.2 Å². The van der Waals surface area contributed by atoms with Crippen molar-refractivity contribution in [2.24, 2.45) is 5.73 Å². The number of hydrogen-bond donors (Lipinski definition) is 1. The second-order valence-corrected chi connectivity index (χ2v) is 6.33. The molecule has 3 heteroatoms. The summed E-state index contributed by atoms with van der Waals surface area (Å²) in [5.41, 5.74) is 7.18. The Morgan fingerprint density at radius 1 is 1.35 bits per heavy atom. The molecule has 0 bridgehead atoms. The van der Waals surface area contributed by atoms with Gasteiger partial charge in [0, 0.05) is 18.9 Å². The molecule has 0 radical (unpaired) electrons. The summed E-state index contributed by atoms with van der Waals surface area (Å²) in [5.74, 6) is 0.944. The van der Waals surface area contributed by atoms with Gasteiger partial charge in [0.2, 0.25) is 0 Å². The summed E-state index contributed by atoms with van der Waals surface area (Å²) in [4.78, 5) is 0. The number of ether oxygens (including phenoxy) is 2. The van der Waals surface area contributed by atoms with Crippen LogP contribution in [0, 0.1) is 0 Å². The van der Waals surface area contributed by atoms with Crippen LogP contribution in [-0.2, 0) is 4.74 Å². The fourth-order valence-electron chi connectivity index (χ4n) is 3.51. The van der Waals surface area contributed by atoms with Gasteiger partial charge in [-0.2, -0.15) is 0 Å². The Bertz CT molecular complexity index is 452. The predicted molar refractivity (Wildman–Crippen MR) is 79.8 cm³/mol. The van der Waals surface area contributed by atoms with Gasteiger partial charge in [-0.3, -0.25) is 0 Å². The smallest absolute Gasteiger partial charge is 0.120 e. The lowest BCUT2D eigenvalue weighted by Crippen LogP contribution is -2.41. The topological polar surface area (TPSA) is 44.5 Å². The summed E-state index contributed by atoms with van der Waals surface area (Å²) in [7, 11) is 0. The second kappa shape index (κ2) is 5.74.